The van der Waals surface area contributed by atoms with Gasteiger partial charge in [-0.15, -0.1) is 0 Å². The molecular weight excluding hydrogens is 252 g/mol. The lowest BCUT2D eigenvalue weighted by Crippen LogP contribution is -2.29. The molecule has 0 saturated carbocycles. The van der Waals surface area contributed by atoms with Crippen LogP contribution >= 0.6 is 0 Å². The largest absolute Gasteiger partial charge is 0.496 e. The van der Waals surface area contributed by atoms with Crippen LogP contribution in [-0.2, 0) is 6.42 Å². The van der Waals surface area contributed by atoms with Gasteiger partial charge < -0.3 is 9.15 Å². The number of methoxy groups -OCH3 is 1. The van der Waals surface area contributed by atoms with Gasteiger partial charge in [0.2, 0.25) is 0 Å². The third kappa shape index (κ3) is 3.03. The minimum absolute atomic E-state index is 0.00292. The van der Waals surface area contributed by atoms with Gasteiger partial charge in [0.1, 0.15) is 17.3 Å². The van der Waals surface area contributed by atoms with Crippen molar-refractivity contribution in [2.75, 3.05) is 7.11 Å². The molecule has 1 atom stereocenters. The van der Waals surface area contributed by atoms with E-state index in [0.717, 1.165) is 34.8 Å². The number of hydrogen-bond acceptors (Lipinski definition) is 4. The van der Waals surface area contributed by atoms with Crippen molar-refractivity contribution in [3.8, 4) is 5.75 Å². The Hall–Kier alpha value is -1.78. The van der Waals surface area contributed by atoms with Crippen molar-refractivity contribution in [1.82, 2.24) is 5.43 Å². The highest BCUT2D eigenvalue weighted by Gasteiger charge is 2.18. The fourth-order valence-corrected chi connectivity index (χ4v) is 2.54. The van der Waals surface area contributed by atoms with E-state index in [1.165, 1.54) is 5.56 Å². The van der Waals surface area contributed by atoms with E-state index in [0.29, 0.717) is 0 Å². The summed E-state index contributed by atoms with van der Waals surface area (Å²) in [5, 5.41) is 0. The Balaban J connectivity index is 2.31. The maximum Gasteiger partial charge on any atom is 0.122 e. The first kappa shape index (κ1) is 14.6. The molecule has 4 heteroatoms. The van der Waals surface area contributed by atoms with Crippen LogP contribution in [0.15, 0.2) is 28.7 Å². The van der Waals surface area contributed by atoms with Gasteiger partial charge >= 0.3 is 0 Å². The summed E-state index contributed by atoms with van der Waals surface area (Å²) in [6, 6.07) is 8.20. The Bertz CT molecular complexity index is 590. The number of hydrogen-bond donors (Lipinski definition) is 2. The quantitative estimate of drug-likeness (QED) is 0.650. The van der Waals surface area contributed by atoms with E-state index in [2.05, 4.69) is 18.4 Å². The lowest BCUT2D eigenvalue weighted by atomic mass is 9.98. The normalized spacial score (nSPS) is 12.4. The van der Waals surface area contributed by atoms with Gasteiger partial charge in [-0.1, -0.05) is 17.7 Å². The third-order valence-corrected chi connectivity index (χ3v) is 3.52. The molecule has 0 aliphatic rings. The predicted octanol–water partition coefficient (Wildman–Crippen LogP) is 2.96. The molecule has 0 aliphatic heterocycles. The summed E-state index contributed by atoms with van der Waals surface area (Å²) in [6.07, 6.45) is 0.751. The molecule has 2 rings (SSSR count). The summed E-state index contributed by atoms with van der Waals surface area (Å²) in [4.78, 5) is 0. The van der Waals surface area contributed by atoms with Crippen LogP contribution in [0, 0.1) is 20.8 Å². The molecule has 2 aromatic rings. The molecule has 0 spiro atoms. The summed E-state index contributed by atoms with van der Waals surface area (Å²) in [6.45, 7) is 5.97. The number of hydrazine groups is 1. The van der Waals surface area contributed by atoms with Crippen LogP contribution in [0.1, 0.15) is 34.3 Å². The molecule has 1 aromatic heterocycles. The summed E-state index contributed by atoms with van der Waals surface area (Å²) in [7, 11) is 1.69. The Kier molecular flexibility index (Phi) is 4.47. The van der Waals surface area contributed by atoms with E-state index >= 15 is 0 Å². The lowest BCUT2D eigenvalue weighted by Gasteiger charge is -2.17. The summed E-state index contributed by atoms with van der Waals surface area (Å²) >= 11 is 0. The number of aryl methyl sites for hydroxylation is 3. The number of nitrogens with two attached hydrogens (primary N) is 1. The SMILES string of the molecule is COc1ccc(C)cc1CC(NN)c1cc(C)oc1C. The third-order valence-electron chi connectivity index (χ3n) is 3.52. The summed E-state index contributed by atoms with van der Waals surface area (Å²) in [5.74, 6) is 8.41. The van der Waals surface area contributed by atoms with E-state index < -0.39 is 0 Å². The van der Waals surface area contributed by atoms with Gasteiger partial charge in [0.05, 0.1) is 13.2 Å². The van der Waals surface area contributed by atoms with Gasteiger partial charge in [0, 0.05) is 5.56 Å². The maximum absolute atomic E-state index is 5.73. The average molecular weight is 274 g/mol. The highest BCUT2D eigenvalue weighted by molar-refractivity contribution is 5.38. The highest BCUT2D eigenvalue weighted by atomic mass is 16.5. The molecule has 0 saturated heterocycles. The molecule has 0 aliphatic carbocycles. The van der Waals surface area contributed by atoms with Crippen LogP contribution in [0.2, 0.25) is 0 Å². The average Bonchev–Trinajstić information content (AvgIpc) is 2.75. The summed E-state index contributed by atoms with van der Waals surface area (Å²) in [5.41, 5.74) is 6.31. The van der Waals surface area contributed by atoms with Crippen LogP contribution < -0.4 is 16.0 Å². The fraction of sp³-hybridized carbons (Fsp3) is 0.375. The van der Waals surface area contributed by atoms with E-state index in [1.54, 1.807) is 7.11 Å². The van der Waals surface area contributed by atoms with Crippen LogP contribution in [0.5, 0.6) is 5.75 Å². The van der Waals surface area contributed by atoms with E-state index in [4.69, 9.17) is 15.0 Å². The fourth-order valence-electron chi connectivity index (χ4n) is 2.54. The van der Waals surface area contributed by atoms with Crippen LogP contribution in [-0.4, -0.2) is 7.11 Å². The first-order valence-electron chi connectivity index (χ1n) is 6.71. The minimum Gasteiger partial charge on any atom is -0.496 e. The smallest absolute Gasteiger partial charge is 0.122 e. The molecule has 1 heterocycles. The van der Waals surface area contributed by atoms with Crippen molar-refractivity contribution in [3.63, 3.8) is 0 Å². The monoisotopic (exact) mass is 274 g/mol. The second-order valence-corrected chi connectivity index (χ2v) is 5.11. The molecule has 0 bridgehead atoms. The number of ether oxygens (including phenoxy) is 1. The van der Waals surface area contributed by atoms with Crippen molar-refractivity contribution in [2.24, 2.45) is 5.84 Å². The molecule has 4 nitrogen and oxygen atoms in total. The number of nitrogens with one attached hydrogen (secondary N) is 1. The second-order valence-electron chi connectivity index (χ2n) is 5.11. The minimum atomic E-state index is 0.00292. The molecular formula is C16H22N2O2. The standard InChI is InChI=1S/C16H22N2O2/c1-10-5-6-16(19-4)13(7-10)9-15(18-17)14-8-11(2)20-12(14)3/h5-8,15,18H,9,17H2,1-4H3. The molecule has 3 N–H and O–H groups in total. The topological polar surface area (TPSA) is 60.4 Å². The van der Waals surface area contributed by atoms with Crippen molar-refractivity contribution in [2.45, 2.75) is 33.2 Å². The Morgan fingerprint density at radius 2 is 2.00 bits per heavy atom. The molecule has 0 fully saturated rings. The maximum atomic E-state index is 5.73. The van der Waals surface area contributed by atoms with E-state index in [9.17, 15) is 0 Å². The van der Waals surface area contributed by atoms with Gasteiger partial charge in [-0.2, -0.15) is 0 Å². The zero-order valence-electron chi connectivity index (χ0n) is 12.5. The number of benzene rings is 1. The molecule has 0 amide bonds. The number of furan rings is 1. The van der Waals surface area contributed by atoms with Crippen LogP contribution in [0.3, 0.4) is 0 Å². The Morgan fingerprint density at radius 1 is 1.25 bits per heavy atom. The van der Waals surface area contributed by atoms with Crippen molar-refractivity contribution in [1.29, 1.82) is 0 Å². The number of rotatable bonds is 5. The summed E-state index contributed by atoms with van der Waals surface area (Å²) < 4.78 is 11.0. The van der Waals surface area contributed by atoms with E-state index in [1.807, 2.05) is 32.0 Å². The van der Waals surface area contributed by atoms with Crippen LogP contribution in [0.25, 0.3) is 0 Å². The Morgan fingerprint density at radius 3 is 2.55 bits per heavy atom. The molecule has 1 unspecified atom stereocenters. The van der Waals surface area contributed by atoms with Gasteiger partial charge in [0.15, 0.2) is 0 Å². The second kappa shape index (κ2) is 6.11. The predicted molar refractivity (Wildman–Crippen MR) is 79.7 cm³/mol. The van der Waals surface area contributed by atoms with Gasteiger partial charge in [-0.25, -0.2) is 0 Å². The molecule has 108 valence electrons. The van der Waals surface area contributed by atoms with Crippen LogP contribution in [0.4, 0.5) is 0 Å². The van der Waals surface area contributed by atoms with E-state index in [-0.39, 0.29) is 6.04 Å². The zero-order chi connectivity index (χ0) is 14.7. The van der Waals surface area contributed by atoms with Gasteiger partial charge in [-0.05, 0) is 44.9 Å². The zero-order valence-corrected chi connectivity index (χ0v) is 12.5. The molecule has 1 aromatic carbocycles. The molecule has 0 radical (unpaired) electrons. The Labute approximate surface area is 119 Å². The van der Waals surface area contributed by atoms with Crippen molar-refractivity contribution in [3.05, 3.63) is 52.5 Å². The lowest BCUT2D eigenvalue weighted by molar-refractivity contribution is 0.405. The van der Waals surface area contributed by atoms with Gasteiger partial charge in [0.25, 0.3) is 0 Å². The molecule has 20 heavy (non-hydrogen) atoms. The van der Waals surface area contributed by atoms with Crippen molar-refractivity contribution >= 4 is 0 Å². The first-order valence-corrected chi connectivity index (χ1v) is 6.71. The highest BCUT2D eigenvalue weighted by Crippen LogP contribution is 2.28. The first-order chi connectivity index (χ1) is 9.55. The van der Waals surface area contributed by atoms with Gasteiger partial charge in [-0.3, -0.25) is 11.3 Å². The van der Waals surface area contributed by atoms with Crippen molar-refractivity contribution < 1.29 is 9.15 Å².